The molecule has 0 spiro atoms. The highest BCUT2D eigenvalue weighted by molar-refractivity contribution is 6.32. The largest absolute Gasteiger partial charge is 0.507 e. The number of halogens is 2. The van der Waals surface area contributed by atoms with Gasteiger partial charge in [0.2, 0.25) is 0 Å². The maximum Gasteiger partial charge on any atom is 0.274 e. The number of methoxy groups -OCH3 is 1. The Morgan fingerprint density at radius 1 is 1.25 bits per heavy atom. The Kier molecular flexibility index (Phi) is 5.70. The summed E-state index contributed by atoms with van der Waals surface area (Å²) in [6, 6.07) is 9.07. The highest BCUT2D eigenvalue weighted by atomic mass is 35.5. The van der Waals surface area contributed by atoms with Crippen LogP contribution in [0.25, 0.3) is 22.5 Å². The molecule has 1 amide bonds. The van der Waals surface area contributed by atoms with Crippen LogP contribution >= 0.6 is 11.6 Å². The van der Waals surface area contributed by atoms with E-state index in [1.165, 1.54) is 13.2 Å². The van der Waals surface area contributed by atoms with Crippen LogP contribution in [0.5, 0.6) is 17.2 Å². The summed E-state index contributed by atoms with van der Waals surface area (Å²) < 4.78 is 22.9. The SMILES string of the molecule is [11CH3]Oc1ccc(-c2c(C(=O)NCCF)noc2-c2cc(Cl)c(O)cc2O)cc1. The summed E-state index contributed by atoms with van der Waals surface area (Å²) in [7, 11) is 1.52. The lowest BCUT2D eigenvalue weighted by molar-refractivity contribution is 0.0942. The van der Waals surface area contributed by atoms with E-state index in [2.05, 4.69) is 10.5 Å². The second-order valence-corrected chi connectivity index (χ2v) is 6.14. The number of phenols is 2. The monoisotopic (exact) mass is 405 g/mol. The van der Waals surface area contributed by atoms with Crippen molar-refractivity contribution in [3.63, 3.8) is 0 Å². The number of hydrogen-bond donors (Lipinski definition) is 3. The van der Waals surface area contributed by atoms with Crippen molar-refractivity contribution in [3.8, 4) is 39.7 Å². The first-order valence-electron chi connectivity index (χ1n) is 8.16. The second kappa shape index (κ2) is 8.18. The summed E-state index contributed by atoms with van der Waals surface area (Å²) in [5, 5.41) is 26.1. The van der Waals surface area contributed by atoms with E-state index in [-0.39, 0.29) is 45.6 Å². The molecule has 146 valence electrons. The van der Waals surface area contributed by atoms with E-state index >= 15 is 0 Å². The summed E-state index contributed by atoms with van der Waals surface area (Å²) >= 11 is 5.95. The van der Waals surface area contributed by atoms with Crippen molar-refractivity contribution in [1.82, 2.24) is 10.5 Å². The van der Waals surface area contributed by atoms with Gasteiger partial charge < -0.3 is 24.8 Å². The van der Waals surface area contributed by atoms with Crippen LogP contribution < -0.4 is 10.1 Å². The van der Waals surface area contributed by atoms with Crippen LogP contribution in [0.15, 0.2) is 40.9 Å². The molecule has 7 nitrogen and oxygen atoms in total. The number of rotatable bonds is 6. The maximum absolute atomic E-state index is 12.4. The molecule has 2 aromatic carbocycles. The lowest BCUT2D eigenvalue weighted by Crippen LogP contribution is -2.26. The molecule has 0 atom stereocenters. The number of amides is 1. The van der Waals surface area contributed by atoms with Crippen LogP contribution in [0, 0.1) is 0 Å². The van der Waals surface area contributed by atoms with Gasteiger partial charge in [-0.2, -0.15) is 0 Å². The van der Waals surface area contributed by atoms with Crippen LogP contribution in [0.3, 0.4) is 0 Å². The lowest BCUT2D eigenvalue weighted by atomic mass is 9.98. The second-order valence-electron chi connectivity index (χ2n) is 5.73. The van der Waals surface area contributed by atoms with Gasteiger partial charge in [0.25, 0.3) is 5.91 Å². The fourth-order valence-corrected chi connectivity index (χ4v) is 2.80. The van der Waals surface area contributed by atoms with Gasteiger partial charge in [-0.25, -0.2) is 4.39 Å². The third-order valence-corrected chi connectivity index (χ3v) is 4.28. The van der Waals surface area contributed by atoms with Gasteiger partial charge in [-0.05, 0) is 23.8 Å². The van der Waals surface area contributed by atoms with E-state index in [4.69, 9.17) is 20.9 Å². The minimum absolute atomic E-state index is 0.0201. The lowest BCUT2D eigenvalue weighted by Gasteiger charge is -2.08. The van der Waals surface area contributed by atoms with Gasteiger partial charge in [-0.15, -0.1) is 0 Å². The van der Waals surface area contributed by atoms with Crippen molar-refractivity contribution in [2.45, 2.75) is 0 Å². The molecule has 28 heavy (non-hydrogen) atoms. The van der Waals surface area contributed by atoms with E-state index in [1.807, 2.05) is 0 Å². The highest BCUT2D eigenvalue weighted by Crippen LogP contribution is 2.43. The summed E-state index contributed by atoms with van der Waals surface area (Å²) in [5.41, 5.74) is 0.866. The number of alkyl halides is 1. The van der Waals surface area contributed by atoms with Gasteiger partial charge in [0, 0.05) is 12.6 Å². The zero-order valence-corrected chi connectivity index (χ0v) is 15.5. The normalized spacial score (nSPS) is 10.7. The first kappa shape index (κ1) is 19.5. The summed E-state index contributed by atoms with van der Waals surface area (Å²) in [6.45, 7) is -0.915. The molecule has 0 saturated carbocycles. The molecular formula is C19H16ClFN2O5. The van der Waals surface area contributed by atoms with E-state index in [9.17, 15) is 19.4 Å². The molecule has 0 radical (unpaired) electrons. The third-order valence-electron chi connectivity index (χ3n) is 3.98. The number of aromatic hydroxyl groups is 2. The Hall–Kier alpha value is -3.26. The first-order valence-corrected chi connectivity index (χ1v) is 8.54. The van der Waals surface area contributed by atoms with Gasteiger partial charge in [0.1, 0.15) is 23.9 Å². The van der Waals surface area contributed by atoms with Crippen molar-refractivity contribution < 1.29 is 28.7 Å². The Morgan fingerprint density at radius 3 is 2.61 bits per heavy atom. The number of nitrogens with one attached hydrogen (secondary N) is 1. The average Bonchev–Trinajstić information content (AvgIpc) is 3.13. The molecular weight excluding hydrogens is 390 g/mol. The Balaban J connectivity index is 2.19. The minimum Gasteiger partial charge on any atom is -0.507 e. The molecule has 3 aromatic rings. The summed E-state index contributed by atoms with van der Waals surface area (Å²) in [4.78, 5) is 12.4. The molecule has 0 aliphatic heterocycles. The summed E-state index contributed by atoms with van der Waals surface area (Å²) in [6.07, 6.45) is 0. The molecule has 0 aliphatic rings. The third kappa shape index (κ3) is 3.72. The van der Waals surface area contributed by atoms with Crippen molar-refractivity contribution in [2.75, 3.05) is 20.3 Å². The molecule has 1 aromatic heterocycles. The quantitative estimate of drug-likeness (QED) is 0.576. The van der Waals surface area contributed by atoms with Crippen LogP contribution in [-0.2, 0) is 0 Å². The van der Waals surface area contributed by atoms with Gasteiger partial charge in [-0.3, -0.25) is 4.79 Å². The van der Waals surface area contributed by atoms with Crippen LogP contribution in [-0.4, -0.2) is 41.6 Å². The van der Waals surface area contributed by atoms with Crippen molar-refractivity contribution in [1.29, 1.82) is 0 Å². The van der Waals surface area contributed by atoms with Crippen molar-refractivity contribution in [3.05, 3.63) is 47.1 Å². The topological polar surface area (TPSA) is 105 Å². The minimum atomic E-state index is -0.733. The molecule has 3 rings (SSSR count). The van der Waals surface area contributed by atoms with Gasteiger partial charge in [-0.1, -0.05) is 28.9 Å². The molecule has 0 saturated heterocycles. The van der Waals surface area contributed by atoms with Crippen molar-refractivity contribution in [2.24, 2.45) is 0 Å². The van der Waals surface area contributed by atoms with E-state index in [0.717, 1.165) is 6.07 Å². The van der Waals surface area contributed by atoms with Crippen LogP contribution in [0.4, 0.5) is 4.39 Å². The Bertz CT molecular complexity index is 1000. The Labute approximate surface area is 164 Å². The number of hydrogen-bond acceptors (Lipinski definition) is 6. The average molecular weight is 406 g/mol. The fraction of sp³-hybridized carbons (Fsp3) is 0.158. The standard InChI is InChI=1S/C19H16ClFN2O5/c1-27-11-4-2-10(3-5-11)16-17(19(26)22-7-6-21)23-28-18(16)12-8-13(20)15(25)9-14(12)24/h2-5,8-9,24-25H,6-7H2,1H3,(H,22,26)/i1-1. The van der Waals surface area contributed by atoms with Crippen molar-refractivity contribution >= 4 is 17.5 Å². The van der Waals surface area contributed by atoms with E-state index < -0.39 is 12.6 Å². The fourth-order valence-electron chi connectivity index (χ4n) is 2.63. The van der Waals surface area contributed by atoms with E-state index in [1.54, 1.807) is 24.3 Å². The van der Waals surface area contributed by atoms with E-state index in [0.29, 0.717) is 11.3 Å². The van der Waals surface area contributed by atoms with Gasteiger partial charge in [0.15, 0.2) is 11.5 Å². The summed E-state index contributed by atoms with van der Waals surface area (Å²) in [5.74, 6) is -0.601. The number of carbonyl (C=O) groups excluding carboxylic acids is 1. The highest BCUT2D eigenvalue weighted by Gasteiger charge is 2.26. The molecule has 1 heterocycles. The number of benzene rings is 2. The predicted molar refractivity (Wildman–Crippen MR) is 101 cm³/mol. The molecule has 9 heteroatoms. The zero-order valence-electron chi connectivity index (χ0n) is 14.7. The Morgan fingerprint density at radius 2 is 1.96 bits per heavy atom. The van der Waals surface area contributed by atoms with Gasteiger partial charge in [0.05, 0.1) is 23.3 Å². The number of carbonyl (C=O) groups is 1. The van der Waals surface area contributed by atoms with Gasteiger partial charge >= 0.3 is 0 Å². The molecule has 3 N–H and O–H groups in total. The molecule has 0 aliphatic carbocycles. The smallest absolute Gasteiger partial charge is 0.274 e. The number of ether oxygens (including phenoxy) is 1. The number of nitrogens with zero attached hydrogens (tertiary/aromatic N) is 1. The predicted octanol–water partition coefficient (Wildman–Crippen LogP) is 3.78. The number of aromatic nitrogens is 1. The number of phenolic OH excluding ortho intramolecular Hbond substituents is 2. The molecule has 0 bridgehead atoms. The van der Waals surface area contributed by atoms with Crippen LogP contribution in [0.2, 0.25) is 5.02 Å². The maximum atomic E-state index is 12.4. The molecule has 0 unspecified atom stereocenters. The van der Waals surface area contributed by atoms with Crippen LogP contribution in [0.1, 0.15) is 10.5 Å². The zero-order chi connectivity index (χ0) is 20.3. The first-order chi connectivity index (χ1) is 13.5. The molecule has 0 fully saturated rings.